The second kappa shape index (κ2) is 5.33. The largest absolute Gasteiger partial charge is 0.355 e. The second-order valence-electron chi connectivity index (χ2n) is 5.24. The maximum absolute atomic E-state index is 12.6. The van der Waals surface area contributed by atoms with Gasteiger partial charge in [0.2, 0.25) is 11.8 Å². The van der Waals surface area contributed by atoms with Gasteiger partial charge in [-0.05, 0) is 30.7 Å². The van der Waals surface area contributed by atoms with Crippen molar-refractivity contribution in [3.05, 3.63) is 22.4 Å². The lowest BCUT2D eigenvalue weighted by Crippen LogP contribution is -2.44. The first-order valence-electron chi connectivity index (χ1n) is 6.86. The first-order chi connectivity index (χ1) is 9.25. The topological polar surface area (TPSA) is 49.4 Å². The van der Waals surface area contributed by atoms with Crippen LogP contribution in [-0.4, -0.2) is 29.8 Å². The molecule has 0 aliphatic carbocycles. The van der Waals surface area contributed by atoms with Gasteiger partial charge in [0.15, 0.2) is 0 Å². The van der Waals surface area contributed by atoms with Crippen molar-refractivity contribution in [1.29, 1.82) is 0 Å². The fraction of sp³-hybridized carbons (Fsp3) is 0.571. The van der Waals surface area contributed by atoms with Gasteiger partial charge in [-0.25, -0.2) is 0 Å². The van der Waals surface area contributed by atoms with Gasteiger partial charge in [0.1, 0.15) is 0 Å². The average molecular weight is 278 g/mol. The number of likely N-dealkylation sites (tertiary alicyclic amines) is 1. The molecule has 102 valence electrons. The quantitative estimate of drug-likeness (QED) is 0.898. The van der Waals surface area contributed by atoms with Crippen molar-refractivity contribution in [3.8, 4) is 0 Å². The first-order valence-corrected chi connectivity index (χ1v) is 7.74. The number of hydrogen-bond donors (Lipinski definition) is 1. The molecule has 0 saturated carbocycles. The van der Waals surface area contributed by atoms with Crippen LogP contribution < -0.4 is 5.32 Å². The van der Waals surface area contributed by atoms with Gasteiger partial charge in [-0.1, -0.05) is 6.07 Å². The minimum atomic E-state index is -0.0294. The van der Waals surface area contributed by atoms with E-state index in [1.54, 1.807) is 11.3 Å². The average Bonchev–Trinajstić information content (AvgIpc) is 3.09. The van der Waals surface area contributed by atoms with Crippen molar-refractivity contribution in [2.45, 2.75) is 31.7 Å². The molecule has 0 spiro atoms. The van der Waals surface area contributed by atoms with Gasteiger partial charge < -0.3 is 10.2 Å². The van der Waals surface area contributed by atoms with Gasteiger partial charge >= 0.3 is 0 Å². The zero-order valence-electron chi connectivity index (χ0n) is 10.8. The SMILES string of the molecule is O=C1CC[C@H](C(=O)N2CCC[C@H]2c2cccs2)CN1. The van der Waals surface area contributed by atoms with E-state index in [1.165, 1.54) is 4.88 Å². The molecule has 0 unspecified atom stereocenters. The summed E-state index contributed by atoms with van der Waals surface area (Å²) in [6.07, 6.45) is 3.31. The van der Waals surface area contributed by atoms with Crippen LogP contribution in [0.5, 0.6) is 0 Å². The van der Waals surface area contributed by atoms with Gasteiger partial charge in [-0.2, -0.15) is 0 Å². The van der Waals surface area contributed by atoms with Gasteiger partial charge in [0, 0.05) is 24.4 Å². The number of carbonyl (C=O) groups is 2. The molecule has 1 N–H and O–H groups in total. The molecule has 1 aromatic rings. The van der Waals surface area contributed by atoms with E-state index in [2.05, 4.69) is 16.8 Å². The highest BCUT2D eigenvalue weighted by molar-refractivity contribution is 7.10. The summed E-state index contributed by atoms with van der Waals surface area (Å²) in [5.41, 5.74) is 0. The zero-order chi connectivity index (χ0) is 13.2. The smallest absolute Gasteiger partial charge is 0.228 e. The minimum Gasteiger partial charge on any atom is -0.355 e. The van der Waals surface area contributed by atoms with Crippen molar-refractivity contribution >= 4 is 23.2 Å². The molecule has 19 heavy (non-hydrogen) atoms. The Hall–Kier alpha value is -1.36. The van der Waals surface area contributed by atoms with Crippen molar-refractivity contribution in [1.82, 2.24) is 10.2 Å². The van der Waals surface area contributed by atoms with Crippen molar-refractivity contribution < 1.29 is 9.59 Å². The Morgan fingerprint density at radius 1 is 1.42 bits per heavy atom. The lowest BCUT2D eigenvalue weighted by atomic mass is 9.97. The van der Waals surface area contributed by atoms with Crippen LogP contribution in [0.3, 0.4) is 0 Å². The molecule has 2 saturated heterocycles. The number of rotatable bonds is 2. The van der Waals surface area contributed by atoms with Crippen molar-refractivity contribution in [3.63, 3.8) is 0 Å². The third-order valence-corrected chi connectivity index (χ3v) is 5.00. The van der Waals surface area contributed by atoms with E-state index in [0.29, 0.717) is 19.4 Å². The number of amides is 2. The number of carbonyl (C=O) groups excluding carboxylic acids is 2. The fourth-order valence-electron chi connectivity index (χ4n) is 2.99. The molecule has 4 nitrogen and oxygen atoms in total. The molecule has 1 aromatic heterocycles. The van der Waals surface area contributed by atoms with Crippen molar-refractivity contribution in [2.24, 2.45) is 5.92 Å². The van der Waals surface area contributed by atoms with Gasteiger partial charge in [-0.3, -0.25) is 9.59 Å². The van der Waals surface area contributed by atoms with Crippen LogP contribution in [0.25, 0.3) is 0 Å². The Kier molecular flexibility index (Phi) is 3.55. The Morgan fingerprint density at radius 3 is 3.00 bits per heavy atom. The predicted octanol–water partition coefficient (Wildman–Crippen LogP) is 1.94. The van der Waals surface area contributed by atoms with Crippen LogP contribution in [0.4, 0.5) is 0 Å². The summed E-state index contributed by atoms with van der Waals surface area (Å²) in [4.78, 5) is 27.1. The molecule has 2 fully saturated rings. The van der Waals surface area contributed by atoms with Crippen LogP contribution in [0.1, 0.15) is 36.6 Å². The summed E-state index contributed by atoms with van der Waals surface area (Å²) in [5, 5.41) is 4.87. The van der Waals surface area contributed by atoms with Gasteiger partial charge in [-0.15, -0.1) is 11.3 Å². The van der Waals surface area contributed by atoms with Crippen molar-refractivity contribution in [2.75, 3.05) is 13.1 Å². The molecule has 0 bridgehead atoms. The molecule has 0 radical (unpaired) electrons. The van der Waals surface area contributed by atoms with Crippen LogP contribution in [0.15, 0.2) is 17.5 Å². The van der Waals surface area contributed by atoms with E-state index >= 15 is 0 Å². The van der Waals surface area contributed by atoms with E-state index < -0.39 is 0 Å². The van der Waals surface area contributed by atoms with Crippen LogP contribution in [0, 0.1) is 5.92 Å². The molecular weight excluding hydrogens is 260 g/mol. The monoisotopic (exact) mass is 278 g/mol. The van der Waals surface area contributed by atoms with E-state index in [4.69, 9.17) is 0 Å². The van der Waals surface area contributed by atoms with Gasteiger partial charge in [0.25, 0.3) is 0 Å². The molecule has 2 aliphatic heterocycles. The Balaban J connectivity index is 1.70. The fourth-order valence-corrected chi connectivity index (χ4v) is 3.86. The lowest BCUT2D eigenvalue weighted by Gasteiger charge is -2.30. The Labute approximate surface area is 116 Å². The van der Waals surface area contributed by atoms with Crippen LogP contribution in [-0.2, 0) is 9.59 Å². The Morgan fingerprint density at radius 2 is 2.32 bits per heavy atom. The molecule has 5 heteroatoms. The summed E-state index contributed by atoms with van der Waals surface area (Å²) in [7, 11) is 0. The molecule has 2 atom stereocenters. The minimum absolute atomic E-state index is 0.0294. The number of thiophene rings is 1. The normalized spacial score (nSPS) is 27.4. The highest BCUT2D eigenvalue weighted by Gasteiger charge is 2.35. The number of nitrogens with one attached hydrogen (secondary N) is 1. The first kappa shape index (κ1) is 12.7. The maximum Gasteiger partial charge on any atom is 0.228 e. The van der Waals surface area contributed by atoms with E-state index in [0.717, 1.165) is 19.4 Å². The van der Waals surface area contributed by atoms with E-state index in [-0.39, 0.29) is 23.8 Å². The maximum atomic E-state index is 12.6. The zero-order valence-corrected chi connectivity index (χ0v) is 11.6. The lowest BCUT2D eigenvalue weighted by molar-refractivity contribution is -0.138. The highest BCUT2D eigenvalue weighted by Crippen LogP contribution is 2.35. The van der Waals surface area contributed by atoms with Crippen LogP contribution in [0.2, 0.25) is 0 Å². The van der Waals surface area contributed by atoms with Crippen LogP contribution >= 0.6 is 11.3 Å². The van der Waals surface area contributed by atoms with E-state index in [1.807, 2.05) is 11.0 Å². The third kappa shape index (κ3) is 2.52. The standard InChI is InChI=1S/C14H18N2O2S/c17-13-6-5-10(9-15-13)14(18)16-7-1-3-11(16)12-4-2-8-19-12/h2,4,8,10-11H,1,3,5-7,9H2,(H,15,17)/t10-,11-/m0/s1. The van der Waals surface area contributed by atoms with Gasteiger partial charge in [0.05, 0.1) is 12.0 Å². The molecule has 3 heterocycles. The molecular formula is C14H18N2O2S. The number of hydrogen-bond acceptors (Lipinski definition) is 3. The predicted molar refractivity (Wildman–Crippen MR) is 73.7 cm³/mol. The molecule has 0 aromatic carbocycles. The molecule has 2 amide bonds. The van der Waals surface area contributed by atoms with E-state index in [9.17, 15) is 9.59 Å². The number of piperidine rings is 1. The highest BCUT2D eigenvalue weighted by atomic mass is 32.1. The summed E-state index contributed by atoms with van der Waals surface area (Å²) >= 11 is 1.72. The summed E-state index contributed by atoms with van der Waals surface area (Å²) in [6.45, 7) is 1.36. The molecule has 3 rings (SSSR count). The second-order valence-corrected chi connectivity index (χ2v) is 6.22. The summed E-state index contributed by atoms with van der Waals surface area (Å²) in [5.74, 6) is 0.259. The Bertz CT molecular complexity index is 462. The summed E-state index contributed by atoms with van der Waals surface area (Å²) < 4.78 is 0. The number of nitrogens with zero attached hydrogens (tertiary/aromatic N) is 1. The summed E-state index contributed by atoms with van der Waals surface area (Å²) in [6, 6.07) is 4.41. The third-order valence-electron chi connectivity index (χ3n) is 4.02. The molecule has 2 aliphatic rings.